The van der Waals surface area contributed by atoms with Crippen molar-refractivity contribution < 1.29 is 9.59 Å². The molecule has 1 atom stereocenters. The normalized spacial score (nSPS) is 19.0. The van der Waals surface area contributed by atoms with Gasteiger partial charge in [0.2, 0.25) is 0 Å². The zero-order valence-electron chi connectivity index (χ0n) is 9.82. The van der Waals surface area contributed by atoms with Crippen LogP contribution in [0, 0.1) is 0 Å². The second kappa shape index (κ2) is 5.10. The van der Waals surface area contributed by atoms with Gasteiger partial charge in [-0.3, -0.25) is 9.59 Å². The topological polar surface area (TPSA) is 58.2 Å². The lowest BCUT2D eigenvalue weighted by atomic mass is 10.1. The Bertz CT molecular complexity index is 420. The second-order valence-electron chi connectivity index (χ2n) is 4.30. The summed E-state index contributed by atoms with van der Waals surface area (Å²) in [4.78, 5) is 23.0. The predicted molar refractivity (Wildman–Crippen MR) is 65.2 cm³/mol. The highest BCUT2D eigenvalue weighted by Crippen LogP contribution is 2.06. The molecule has 1 saturated heterocycles. The summed E-state index contributed by atoms with van der Waals surface area (Å²) >= 11 is 0. The van der Waals surface area contributed by atoms with E-state index in [0.29, 0.717) is 11.1 Å². The maximum absolute atomic E-state index is 11.9. The predicted octanol–water partition coefficient (Wildman–Crippen LogP) is 0.981. The molecular formula is C13H16N2O2. The standard InChI is InChI=1S/C13H16N2O2/c1-9(16)10-2-4-11(5-3-10)13(17)15-12-6-7-14-8-12/h2-5,12,14H,6-8H2,1H3,(H,15,17). The number of nitrogens with one attached hydrogen (secondary N) is 2. The summed E-state index contributed by atoms with van der Waals surface area (Å²) in [6.45, 7) is 3.30. The van der Waals surface area contributed by atoms with Crippen LogP contribution in [0.4, 0.5) is 0 Å². The number of Topliss-reactive ketones (excluding diaryl/α,β-unsaturated/α-hetero) is 1. The van der Waals surface area contributed by atoms with Crippen LogP contribution < -0.4 is 10.6 Å². The Balaban J connectivity index is 2.01. The number of amides is 1. The number of benzene rings is 1. The van der Waals surface area contributed by atoms with Gasteiger partial charge in [-0.15, -0.1) is 0 Å². The SMILES string of the molecule is CC(=O)c1ccc(C(=O)NC2CCNC2)cc1. The molecule has 1 heterocycles. The first-order valence-corrected chi connectivity index (χ1v) is 5.79. The molecule has 1 unspecified atom stereocenters. The van der Waals surface area contributed by atoms with E-state index in [9.17, 15) is 9.59 Å². The Morgan fingerprint density at radius 3 is 2.41 bits per heavy atom. The fraction of sp³-hybridized carbons (Fsp3) is 0.385. The van der Waals surface area contributed by atoms with Crippen molar-refractivity contribution in [2.45, 2.75) is 19.4 Å². The van der Waals surface area contributed by atoms with Gasteiger partial charge < -0.3 is 10.6 Å². The second-order valence-corrected chi connectivity index (χ2v) is 4.30. The van der Waals surface area contributed by atoms with Crippen LogP contribution in [0.2, 0.25) is 0 Å². The van der Waals surface area contributed by atoms with Crippen LogP contribution >= 0.6 is 0 Å². The smallest absolute Gasteiger partial charge is 0.251 e. The van der Waals surface area contributed by atoms with Gasteiger partial charge >= 0.3 is 0 Å². The average molecular weight is 232 g/mol. The summed E-state index contributed by atoms with van der Waals surface area (Å²) in [6.07, 6.45) is 0.970. The Hall–Kier alpha value is -1.68. The van der Waals surface area contributed by atoms with Gasteiger partial charge in [0.15, 0.2) is 5.78 Å². The van der Waals surface area contributed by atoms with E-state index in [2.05, 4.69) is 10.6 Å². The summed E-state index contributed by atoms with van der Waals surface area (Å²) < 4.78 is 0. The third-order valence-electron chi connectivity index (χ3n) is 2.95. The van der Waals surface area contributed by atoms with Gasteiger partial charge in [-0.25, -0.2) is 0 Å². The highest BCUT2D eigenvalue weighted by Gasteiger charge is 2.17. The highest BCUT2D eigenvalue weighted by molar-refractivity contribution is 5.97. The molecule has 4 heteroatoms. The van der Waals surface area contributed by atoms with E-state index in [-0.39, 0.29) is 17.7 Å². The van der Waals surface area contributed by atoms with E-state index < -0.39 is 0 Å². The third kappa shape index (κ3) is 2.91. The zero-order valence-corrected chi connectivity index (χ0v) is 9.82. The number of hydrogen-bond acceptors (Lipinski definition) is 3. The molecular weight excluding hydrogens is 216 g/mol. The number of carbonyl (C=O) groups is 2. The number of carbonyl (C=O) groups excluding carboxylic acids is 2. The molecule has 2 N–H and O–H groups in total. The van der Waals surface area contributed by atoms with E-state index in [1.165, 1.54) is 6.92 Å². The van der Waals surface area contributed by atoms with Crippen molar-refractivity contribution >= 4 is 11.7 Å². The van der Waals surface area contributed by atoms with Crippen molar-refractivity contribution in [2.24, 2.45) is 0 Å². The number of rotatable bonds is 3. The molecule has 0 bridgehead atoms. The van der Waals surface area contributed by atoms with Gasteiger partial charge in [0.25, 0.3) is 5.91 Å². The number of hydrogen-bond donors (Lipinski definition) is 2. The molecule has 0 saturated carbocycles. The lowest BCUT2D eigenvalue weighted by Crippen LogP contribution is -2.36. The minimum Gasteiger partial charge on any atom is -0.348 e. The summed E-state index contributed by atoms with van der Waals surface area (Å²) in [5.41, 5.74) is 1.23. The van der Waals surface area contributed by atoms with Crippen LogP contribution in [-0.4, -0.2) is 30.8 Å². The van der Waals surface area contributed by atoms with Crippen LogP contribution in [0.25, 0.3) is 0 Å². The maximum Gasteiger partial charge on any atom is 0.251 e. The molecule has 1 aromatic carbocycles. The molecule has 0 aromatic heterocycles. The Kier molecular flexibility index (Phi) is 3.54. The minimum atomic E-state index is -0.0752. The van der Waals surface area contributed by atoms with E-state index >= 15 is 0 Å². The Morgan fingerprint density at radius 2 is 1.88 bits per heavy atom. The average Bonchev–Trinajstić information content (AvgIpc) is 2.82. The van der Waals surface area contributed by atoms with Gasteiger partial charge in [-0.1, -0.05) is 12.1 Å². The van der Waals surface area contributed by atoms with Crippen molar-refractivity contribution in [3.8, 4) is 0 Å². The molecule has 90 valence electrons. The fourth-order valence-corrected chi connectivity index (χ4v) is 1.90. The van der Waals surface area contributed by atoms with Gasteiger partial charge in [0, 0.05) is 23.7 Å². The van der Waals surface area contributed by atoms with Crippen molar-refractivity contribution in [1.82, 2.24) is 10.6 Å². The van der Waals surface area contributed by atoms with E-state index in [1.54, 1.807) is 24.3 Å². The van der Waals surface area contributed by atoms with Crippen molar-refractivity contribution in [3.05, 3.63) is 35.4 Å². The van der Waals surface area contributed by atoms with Crippen LogP contribution in [0.3, 0.4) is 0 Å². The molecule has 1 aromatic rings. The van der Waals surface area contributed by atoms with Crippen molar-refractivity contribution in [2.75, 3.05) is 13.1 Å². The molecule has 4 nitrogen and oxygen atoms in total. The molecule has 2 rings (SSSR count). The van der Waals surface area contributed by atoms with Crippen molar-refractivity contribution in [3.63, 3.8) is 0 Å². The molecule has 0 spiro atoms. The largest absolute Gasteiger partial charge is 0.348 e. The monoisotopic (exact) mass is 232 g/mol. The molecule has 1 fully saturated rings. The van der Waals surface area contributed by atoms with E-state index in [4.69, 9.17) is 0 Å². The van der Waals surface area contributed by atoms with Crippen LogP contribution in [-0.2, 0) is 0 Å². The summed E-state index contributed by atoms with van der Waals surface area (Å²) in [6, 6.07) is 6.96. The van der Waals surface area contributed by atoms with Gasteiger partial charge in [0.1, 0.15) is 0 Å². The lowest BCUT2D eigenvalue weighted by molar-refractivity contribution is 0.0938. The zero-order chi connectivity index (χ0) is 12.3. The fourth-order valence-electron chi connectivity index (χ4n) is 1.90. The first-order valence-electron chi connectivity index (χ1n) is 5.79. The Morgan fingerprint density at radius 1 is 1.24 bits per heavy atom. The van der Waals surface area contributed by atoms with Gasteiger partial charge in [-0.05, 0) is 32.0 Å². The molecule has 0 radical (unpaired) electrons. The summed E-state index contributed by atoms with van der Waals surface area (Å²) in [5, 5.41) is 6.15. The first kappa shape index (κ1) is 11.8. The molecule has 17 heavy (non-hydrogen) atoms. The summed E-state index contributed by atoms with van der Waals surface area (Å²) in [7, 11) is 0. The van der Waals surface area contributed by atoms with Crippen LogP contribution in [0.1, 0.15) is 34.1 Å². The molecule has 0 aliphatic carbocycles. The van der Waals surface area contributed by atoms with Crippen molar-refractivity contribution in [1.29, 1.82) is 0 Å². The van der Waals surface area contributed by atoms with Gasteiger partial charge in [0.05, 0.1) is 0 Å². The van der Waals surface area contributed by atoms with Gasteiger partial charge in [-0.2, -0.15) is 0 Å². The maximum atomic E-state index is 11.9. The van der Waals surface area contributed by atoms with Crippen LogP contribution in [0.5, 0.6) is 0 Å². The first-order chi connectivity index (χ1) is 8.16. The molecule has 1 aliphatic heterocycles. The summed E-state index contributed by atoms with van der Waals surface area (Å²) in [5.74, 6) is -0.0641. The molecule has 1 amide bonds. The quantitative estimate of drug-likeness (QED) is 0.764. The lowest BCUT2D eigenvalue weighted by Gasteiger charge is -2.11. The van der Waals surface area contributed by atoms with Crippen LogP contribution in [0.15, 0.2) is 24.3 Å². The third-order valence-corrected chi connectivity index (χ3v) is 2.95. The highest BCUT2D eigenvalue weighted by atomic mass is 16.1. The molecule has 1 aliphatic rings. The van der Waals surface area contributed by atoms with E-state index in [1.807, 2.05) is 0 Å². The Labute approximate surface area is 100 Å². The number of ketones is 1. The minimum absolute atomic E-state index is 0.0111. The van der Waals surface area contributed by atoms with E-state index in [0.717, 1.165) is 19.5 Å².